The molecule has 0 aromatic rings. The Bertz CT molecular complexity index is 305. The highest BCUT2D eigenvalue weighted by molar-refractivity contribution is 5.88. The molecule has 1 saturated carbocycles. The molecule has 3 N–H and O–H groups in total. The largest absolute Gasteiger partial charge is 0.354 e. The first-order valence-electron chi connectivity index (χ1n) is 7.79. The number of carbonyl (C=O) groups is 1. The van der Waals surface area contributed by atoms with E-state index in [4.69, 9.17) is 5.73 Å². The fourth-order valence-corrected chi connectivity index (χ4v) is 2.63. The van der Waals surface area contributed by atoms with Gasteiger partial charge in [0.2, 0.25) is 5.91 Å². The van der Waals surface area contributed by atoms with Gasteiger partial charge >= 0.3 is 0 Å². The lowest BCUT2D eigenvalue weighted by Gasteiger charge is -2.32. The minimum Gasteiger partial charge on any atom is -0.354 e. The molecule has 0 bridgehead atoms. The van der Waals surface area contributed by atoms with Gasteiger partial charge in [-0.2, -0.15) is 0 Å². The molecule has 2 rings (SSSR count). The summed E-state index contributed by atoms with van der Waals surface area (Å²) < 4.78 is 0. The highest BCUT2D eigenvalue weighted by Gasteiger charge is 2.45. The summed E-state index contributed by atoms with van der Waals surface area (Å²) in [6.07, 6.45) is 5.40. The quantitative estimate of drug-likeness (QED) is 0.764. The summed E-state index contributed by atoms with van der Waals surface area (Å²) in [6.45, 7) is 8.96. The molecular formula is C15H29N3O. The van der Waals surface area contributed by atoms with Gasteiger partial charge in [-0.3, -0.25) is 4.79 Å². The van der Waals surface area contributed by atoms with Gasteiger partial charge in [-0.1, -0.05) is 13.8 Å². The lowest BCUT2D eigenvalue weighted by molar-refractivity contribution is -0.123. The first-order valence-corrected chi connectivity index (χ1v) is 7.79. The molecule has 0 aromatic carbocycles. The van der Waals surface area contributed by atoms with Crippen LogP contribution in [0.1, 0.15) is 46.0 Å². The van der Waals surface area contributed by atoms with Gasteiger partial charge in [0, 0.05) is 6.54 Å². The van der Waals surface area contributed by atoms with Gasteiger partial charge in [-0.05, 0) is 63.6 Å². The van der Waals surface area contributed by atoms with E-state index in [1.807, 2.05) is 0 Å². The second-order valence-electron chi connectivity index (χ2n) is 6.83. The molecule has 0 unspecified atom stereocenters. The maximum atomic E-state index is 11.8. The molecule has 4 heteroatoms. The van der Waals surface area contributed by atoms with Gasteiger partial charge < -0.3 is 16.0 Å². The number of hydrogen-bond donors (Lipinski definition) is 2. The van der Waals surface area contributed by atoms with Crippen molar-refractivity contribution in [3.63, 3.8) is 0 Å². The van der Waals surface area contributed by atoms with Crippen LogP contribution in [0, 0.1) is 11.8 Å². The van der Waals surface area contributed by atoms with Gasteiger partial charge in [0.05, 0.1) is 5.54 Å². The molecule has 1 amide bonds. The molecule has 1 heterocycles. The van der Waals surface area contributed by atoms with Crippen LogP contribution in [0.4, 0.5) is 0 Å². The van der Waals surface area contributed by atoms with Crippen LogP contribution in [0.25, 0.3) is 0 Å². The summed E-state index contributed by atoms with van der Waals surface area (Å²) in [5, 5.41) is 3.04. The summed E-state index contributed by atoms with van der Waals surface area (Å²) in [6, 6.07) is 0. The Labute approximate surface area is 117 Å². The fraction of sp³-hybridized carbons (Fsp3) is 0.933. The monoisotopic (exact) mass is 267 g/mol. The van der Waals surface area contributed by atoms with Crippen LogP contribution in [0.5, 0.6) is 0 Å². The molecule has 2 fully saturated rings. The van der Waals surface area contributed by atoms with E-state index in [0.29, 0.717) is 5.92 Å². The number of nitrogens with two attached hydrogens (primary N) is 1. The van der Waals surface area contributed by atoms with Crippen molar-refractivity contribution >= 4 is 5.91 Å². The van der Waals surface area contributed by atoms with Crippen molar-refractivity contribution in [2.45, 2.75) is 51.5 Å². The minimum atomic E-state index is -0.516. The number of hydrogen-bond acceptors (Lipinski definition) is 3. The van der Waals surface area contributed by atoms with Crippen molar-refractivity contribution in [2.24, 2.45) is 17.6 Å². The average Bonchev–Trinajstić information content (AvgIpc) is 3.14. The van der Waals surface area contributed by atoms with E-state index in [1.165, 1.54) is 38.9 Å². The van der Waals surface area contributed by atoms with Crippen LogP contribution in [0.3, 0.4) is 0 Å². The third kappa shape index (κ3) is 4.46. The second-order valence-corrected chi connectivity index (χ2v) is 6.83. The van der Waals surface area contributed by atoms with E-state index >= 15 is 0 Å². The summed E-state index contributed by atoms with van der Waals surface area (Å²) in [5.41, 5.74) is 5.36. The smallest absolute Gasteiger partial charge is 0.240 e. The Balaban J connectivity index is 1.59. The van der Waals surface area contributed by atoms with Crippen molar-refractivity contribution in [3.05, 3.63) is 0 Å². The molecular weight excluding hydrogens is 238 g/mol. The predicted octanol–water partition coefficient (Wildman–Crippen LogP) is 1.35. The number of piperidine rings is 1. The predicted molar refractivity (Wildman–Crippen MR) is 77.8 cm³/mol. The Morgan fingerprint density at radius 3 is 2.53 bits per heavy atom. The zero-order valence-electron chi connectivity index (χ0n) is 12.5. The Hall–Kier alpha value is -0.610. The maximum absolute atomic E-state index is 11.8. The first kappa shape index (κ1) is 14.8. The van der Waals surface area contributed by atoms with Crippen molar-refractivity contribution in [1.29, 1.82) is 0 Å². The molecule has 0 radical (unpaired) electrons. The van der Waals surface area contributed by atoms with Crippen LogP contribution in [-0.2, 0) is 4.79 Å². The molecule has 19 heavy (non-hydrogen) atoms. The Morgan fingerprint density at radius 2 is 2.00 bits per heavy atom. The molecule has 1 aliphatic heterocycles. The number of nitrogens with one attached hydrogen (secondary N) is 1. The van der Waals surface area contributed by atoms with E-state index < -0.39 is 5.54 Å². The lowest BCUT2D eigenvalue weighted by atomic mass is 9.96. The highest BCUT2D eigenvalue weighted by Crippen LogP contribution is 2.32. The standard InChI is InChI=1S/C15H29N3O/c1-12(2)3-8-18-9-4-13(5-10-18)11-17-14(19)15(16)6-7-15/h12-13H,3-11,16H2,1-2H3,(H,17,19). The number of likely N-dealkylation sites (tertiary alicyclic amines) is 1. The van der Waals surface area contributed by atoms with Crippen LogP contribution >= 0.6 is 0 Å². The zero-order chi connectivity index (χ0) is 13.9. The molecule has 1 aliphatic carbocycles. The van der Waals surface area contributed by atoms with Crippen molar-refractivity contribution in [1.82, 2.24) is 10.2 Å². The molecule has 2 aliphatic rings. The fourth-order valence-electron chi connectivity index (χ4n) is 2.63. The average molecular weight is 267 g/mol. The summed E-state index contributed by atoms with van der Waals surface area (Å²) in [4.78, 5) is 14.3. The van der Waals surface area contributed by atoms with Crippen LogP contribution in [0.2, 0.25) is 0 Å². The maximum Gasteiger partial charge on any atom is 0.240 e. The number of nitrogens with zero attached hydrogens (tertiary/aromatic N) is 1. The molecule has 0 aromatic heterocycles. The van der Waals surface area contributed by atoms with Gasteiger partial charge in [0.25, 0.3) is 0 Å². The van der Waals surface area contributed by atoms with Crippen LogP contribution in [0.15, 0.2) is 0 Å². The summed E-state index contributed by atoms with van der Waals surface area (Å²) in [5.74, 6) is 1.49. The van der Waals surface area contributed by atoms with Gasteiger partial charge in [0.15, 0.2) is 0 Å². The highest BCUT2D eigenvalue weighted by atomic mass is 16.2. The van der Waals surface area contributed by atoms with Crippen LogP contribution < -0.4 is 11.1 Å². The topological polar surface area (TPSA) is 58.4 Å². The SMILES string of the molecule is CC(C)CCN1CCC(CNC(=O)C2(N)CC2)CC1. The van der Waals surface area contributed by atoms with E-state index in [1.54, 1.807) is 0 Å². The second kappa shape index (κ2) is 6.23. The normalized spacial score (nSPS) is 23.6. The third-order valence-corrected chi connectivity index (χ3v) is 4.52. The lowest BCUT2D eigenvalue weighted by Crippen LogP contribution is -2.46. The zero-order valence-corrected chi connectivity index (χ0v) is 12.5. The van der Waals surface area contributed by atoms with Crippen molar-refractivity contribution < 1.29 is 4.79 Å². The van der Waals surface area contributed by atoms with Gasteiger partial charge in [0.1, 0.15) is 0 Å². The number of amides is 1. The Kier molecular flexibility index (Phi) is 4.85. The van der Waals surface area contributed by atoms with Gasteiger partial charge in [-0.25, -0.2) is 0 Å². The van der Waals surface area contributed by atoms with Gasteiger partial charge in [-0.15, -0.1) is 0 Å². The minimum absolute atomic E-state index is 0.0646. The Morgan fingerprint density at radius 1 is 1.37 bits per heavy atom. The third-order valence-electron chi connectivity index (χ3n) is 4.52. The molecule has 1 saturated heterocycles. The number of rotatable bonds is 6. The van der Waals surface area contributed by atoms with Crippen LogP contribution in [-0.4, -0.2) is 42.5 Å². The molecule has 0 atom stereocenters. The molecule has 110 valence electrons. The van der Waals surface area contributed by atoms with E-state index in [2.05, 4.69) is 24.1 Å². The van der Waals surface area contributed by atoms with E-state index in [-0.39, 0.29) is 5.91 Å². The van der Waals surface area contributed by atoms with Crippen molar-refractivity contribution in [3.8, 4) is 0 Å². The summed E-state index contributed by atoms with van der Waals surface area (Å²) >= 11 is 0. The molecule has 0 spiro atoms. The summed E-state index contributed by atoms with van der Waals surface area (Å²) in [7, 11) is 0. The van der Waals surface area contributed by atoms with E-state index in [9.17, 15) is 4.79 Å². The number of carbonyl (C=O) groups excluding carboxylic acids is 1. The molecule has 4 nitrogen and oxygen atoms in total. The first-order chi connectivity index (χ1) is 8.99. The van der Waals surface area contributed by atoms with Crippen molar-refractivity contribution in [2.75, 3.05) is 26.2 Å². The van der Waals surface area contributed by atoms with E-state index in [0.717, 1.165) is 25.3 Å².